The summed E-state index contributed by atoms with van der Waals surface area (Å²) < 4.78 is 0. The van der Waals surface area contributed by atoms with E-state index in [1.165, 1.54) is 25.7 Å². The van der Waals surface area contributed by atoms with Crippen molar-refractivity contribution in [2.75, 3.05) is 0 Å². The van der Waals surface area contributed by atoms with Gasteiger partial charge in [-0.2, -0.15) is 0 Å². The number of hydrogen-bond donors (Lipinski definition) is 0. The molecular formula is C14H25N. The van der Waals surface area contributed by atoms with Gasteiger partial charge in [0, 0.05) is 11.9 Å². The fourth-order valence-corrected chi connectivity index (χ4v) is 1.25. The predicted octanol–water partition coefficient (Wildman–Crippen LogP) is 4.61. The zero-order valence-electron chi connectivity index (χ0n) is 10.7. The fourth-order valence-electron chi connectivity index (χ4n) is 1.25. The first kappa shape index (κ1) is 14.2. The maximum atomic E-state index is 3.98. The number of rotatable bonds is 4. The smallest absolute Gasteiger partial charge is 0.0372 e. The van der Waals surface area contributed by atoms with Crippen molar-refractivity contribution in [3.63, 3.8) is 0 Å². The van der Waals surface area contributed by atoms with E-state index in [2.05, 4.69) is 25.8 Å². The molecule has 0 aliphatic carbocycles. The van der Waals surface area contributed by atoms with Gasteiger partial charge in [0.05, 0.1) is 0 Å². The number of nitrogens with zero attached hydrogens (tertiary/aromatic N) is 1. The maximum Gasteiger partial charge on any atom is 0.0372 e. The SMILES string of the molecule is CCCCCC(C)C.Cc1ccccn1. The average Bonchev–Trinajstić information content (AvgIpc) is 2.20. The molecule has 0 saturated heterocycles. The van der Waals surface area contributed by atoms with E-state index >= 15 is 0 Å². The average molecular weight is 207 g/mol. The topological polar surface area (TPSA) is 12.9 Å². The van der Waals surface area contributed by atoms with E-state index in [1.54, 1.807) is 6.20 Å². The lowest BCUT2D eigenvalue weighted by Crippen LogP contribution is -1.85. The van der Waals surface area contributed by atoms with Crippen molar-refractivity contribution in [1.82, 2.24) is 4.98 Å². The highest BCUT2D eigenvalue weighted by Crippen LogP contribution is 2.06. The van der Waals surface area contributed by atoms with Crippen LogP contribution >= 0.6 is 0 Å². The van der Waals surface area contributed by atoms with Crippen LogP contribution in [0.25, 0.3) is 0 Å². The van der Waals surface area contributed by atoms with Gasteiger partial charge >= 0.3 is 0 Å². The quantitative estimate of drug-likeness (QED) is 0.657. The van der Waals surface area contributed by atoms with Crippen molar-refractivity contribution in [2.24, 2.45) is 5.92 Å². The molecule has 86 valence electrons. The fraction of sp³-hybridized carbons (Fsp3) is 0.643. The Morgan fingerprint density at radius 3 is 2.27 bits per heavy atom. The molecule has 0 spiro atoms. The molecule has 0 radical (unpaired) electrons. The summed E-state index contributed by atoms with van der Waals surface area (Å²) in [4.78, 5) is 3.98. The van der Waals surface area contributed by atoms with Crippen LogP contribution in [0.2, 0.25) is 0 Å². The molecular weight excluding hydrogens is 182 g/mol. The van der Waals surface area contributed by atoms with E-state index < -0.39 is 0 Å². The van der Waals surface area contributed by atoms with Gasteiger partial charge in [0.25, 0.3) is 0 Å². The molecule has 0 amide bonds. The van der Waals surface area contributed by atoms with Gasteiger partial charge in [-0.05, 0) is 25.0 Å². The minimum Gasteiger partial charge on any atom is -0.262 e. The van der Waals surface area contributed by atoms with Gasteiger partial charge in [-0.3, -0.25) is 4.98 Å². The molecule has 0 aliphatic heterocycles. The van der Waals surface area contributed by atoms with Crippen molar-refractivity contribution < 1.29 is 0 Å². The summed E-state index contributed by atoms with van der Waals surface area (Å²) in [5, 5.41) is 0. The summed E-state index contributed by atoms with van der Waals surface area (Å²) in [5.41, 5.74) is 1.07. The zero-order chi connectivity index (χ0) is 11.5. The second-order valence-corrected chi connectivity index (χ2v) is 4.36. The molecule has 0 aliphatic rings. The van der Waals surface area contributed by atoms with Crippen molar-refractivity contribution in [1.29, 1.82) is 0 Å². The molecule has 0 aromatic carbocycles. The summed E-state index contributed by atoms with van der Waals surface area (Å²) in [6.45, 7) is 8.80. The summed E-state index contributed by atoms with van der Waals surface area (Å²) in [6.07, 6.45) is 7.39. The van der Waals surface area contributed by atoms with Gasteiger partial charge in [-0.1, -0.05) is 52.5 Å². The number of aryl methyl sites for hydroxylation is 1. The Labute approximate surface area is 94.9 Å². The van der Waals surface area contributed by atoms with Gasteiger partial charge in [0.2, 0.25) is 0 Å². The molecule has 0 saturated carbocycles. The molecule has 1 heterocycles. The Balaban J connectivity index is 0.000000262. The van der Waals surface area contributed by atoms with Crippen LogP contribution in [0, 0.1) is 12.8 Å². The van der Waals surface area contributed by atoms with Crippen molar-refractivity contribution in [2.45, 2.75) is 53.4 Å². The first-order chi connectivity index (χ1) is 7.16. The van der Waals surface area contributed by atoms with Crippen LogP contribution in [0.15, 0.2) is 24.4 Å². The monoisotopic (exact) mass is 207 g/mol. The number of unbranched alkanes of at least 4 members (excludes halogenated alkanes) is 2. The zero-order valence-corrected chi connectivity index (χ0v) is 10.7. The first-order valence-corrected chi connectivity index (χ1v) is 6.04. The maximum absolute atomic E-state index is 3.98. The Kier molecular flexibility index (Phi) is 9.15. The van der Waals surface area contributed by atoms with E-state index in [1.807, 2.05) is 25.1 Å². The van der Waals surface area contributed by atoms with Gasteiger partial charge in [-0.25, -0.2) is 0 Å². The van der Waals surface area contributed by atoms with Crippen LogP contribution in [0.1, 0.15) is 52.1 Å². The molecule has 0 bridgehead atoms. The largest absolute Gasteiger partial charge is 0.262 e. The molecule has 0 atom stereocenters. The molecule has 1 nitrogen and oxygen atoms in total. The summed E-state index contributed by atoms with van der Waals surface area (Å²) in [5.74, 6) is 0.904. The Morgan fingerprint density at radius 2 is 1.93 bits per heavy atom. The number of hydrogen-bond acceptors (Lipinski definition) is 1. The lowest BCUT2D eigenvalue weighted by atomic mass is 10.1. The van der Waals surface area contributed by atoms with E-state index in [0.717, 1.165) is 11.6 Å². The van der Waals surface area contributed by atoms with Crippen LogP contribution in [-0.4, -0.2) is 4.98 Å². The van der Waals surface area contributed by atoms with Gasteiger partial charge in [0.15, 0.2) is 0 Å². The van der Waals surface area contributed by atoms with Crippen molar-refractivity contribution >= 4 is 0 Å². The Morgan fingerprint density at radius 1 is 1.20 bits per heavy atom. The van der Waals surface area contributed by atoms with Crippen LogP contribution in [0.5, 0.6) is 0 Å². The van der Waals surface area contributed by atoms with Crippen LogP contribution < -0.4 is 0 Å². The highest BCUT2D eigenvalue weighted by molar-refractivity contribution is 4.99. The van der Waals surface area contributed by atoms with Crippen molar-refractivity contribution in [3.05, 3.63) is 30.1 Å². The lowest BCUT2D eigenvalue weighted by Gasteiger charge is -2.00. The third-order valence-electron chi connectivity index (χ3n) is 2.20. The van der Waals surface area contributed by atoms with E-state index in [4.69, 9.17) is 0 Å². The standard InChI is InChI=1S/C8H18.C6H7N/c1-4-5-6-7-8(2)3;1-6-4-2-3-5-7-6/h8H,4-7H2,1-3H3;2-5H,1H3. The Hall–Kier alpha value is -0.850. The van der Waals surface area contributed by atoms with Crippen LogP contribution in [0.4, 0.5) is 0 Å². The molecule has 15 heavy (non-hydrogen) atoms. The van der Waals surface area contributed by atoms with Crippen molar-refractivity contribution in [3.8, 4) is 0 Å². The summed E-state index contributed by atoms with van der Waals surface area (Å²) in [7, 11) is 0. The minimum absolute atomic E-state index is 0.904. The second-order valence-electron chi connectivity index (χ2n) is 4.36. The third kappa shape index (κ3) is 11.1. The minimum atomic E-state index is 0.904. The van der Waals surface area contributed by atoms with E-state index in [9.17, 15) is 0 Å². The highest BCUT2D eigenvalue weighted by Gasteiger charge is 1.90. The van der Waals surface area contributed by atoms with Crippen LogP contribution in [-0.2, 0) is 0 Å². The first-order valence-electron chi connectivity index (χ1n) is 6.04. The molecule has 1 aromatic heterocycles. The third-order valence-corrected chi connectivity index (χ3v) is 2.20. The normalized spacial score (nSPS) is 9.67. The molecule has 0 unspecified atom stereocenters. The molecule has 1 heteroatoms. The predicted molar refractivity (Wildman–Crippen MR) is 68.0 cm³/mol. The van der Waals surface area contributed by atoms with E-state index in [-0.39, 0.29) is 0 Å². The number of pyridine rings is 1. The molecule has 0 N–H and O–H groups in total. The molecule has 0 fully saturated rings. The summed E-state index contributed by atoms with van der Waals surface area (Å²) in [6, 6.07) is 5.86. The molecule has 1 aromatic rings. The molecule has 1 rings (SSSR count). The van der Waals surface area contributed by atoms with Gasteiger partial charge < -0.3 is 0 Å². The Bertz CT molecular complexity index is 216. The van der Waals surface area contributed by atoms with Crippen LogP contribution in [0.3, 0.4) is 0 Å². The van der Waals surface area contributed by atoms with E-state index in [0.29, 0.717) is 0 Å². The van der Waals surface area contributed by atoms with Gasteiger partial charge in [-0.15, -0.1) is 0 Å². The second kappa shape index (κ2) is 9.70. The lowest BCUT2D eigenvalue weighted by molar-refractivity contribution is 0.534. The number of aromatic nitrogens is 1. The summed E-state index contributed by atoms with van der Waals surface area (Å²) >= 11 is 0. The highest BCUT2D eigenvalue weighted by atomic mass is 14.6. The van der Waals surface area contributed by atoms with Gasteiger partial charge in [0.1, 0.15) is 0 Å².